The Morgan fingerprint density at radius 3 is 2.41 bits per heavy atom. The SMILES string of the molecule is Cc1c(COc2cc(OCc3cncc(C#N)c3)c(CCC[C@@H](O)CC(=O)O)cc2Cl)cccc1-c1cccc(-c2ccc(C3=NCCN3)c(OCCCC#N)c2)c1C. The largest absolute Gasteiger partial charge is 0.493 e. The van der Waals surface area contributed by atoms with Crippen molar-refractivity contribution in [1.29, 1.82) is 10.5 Å². The molecule has 1 aliphatic rings. The maximum Gasteiger partial charge on any atom is 0.305 e. The molecule has 59 heavy (non-hydrogen) atoms. The molecule has 2 heterocycles. The van der Waals surface area contributed by atoms with Gasteiger partial charge < -0.3 is 29.7 Å². The number of nitrogens with one attached hydrogen (secondary N) is 1. The van der Waals surface area contributed by atoms with Crippen LogP contribution in [0.2, 0.25) is 5.02 Å². The van der Waals surface area contributed by atoms with Gasteiger partial charge in [-0.25, -0.2) is 0 Å². The summed E-state index contributed by atoms with van der Waals surface area (Å²) >= 11 is 6.81. The molecule has 0 amide bonds. The van der Waals surface area contributed by atoms with Crippen molar-refractivity contribution < 1.29 is 29.2 Å². The fraction of sp³-hybridized carbons (Fsp3) is 0.298. The first-order valence-electron chi connectivity index (χ1n) is 19.6. The van der Waals surface area contributed by atoms with Gasteiger partial charge in [0.2, 0.25) is 0 Å². The molecule has 5 aromatic rings. The molecule has 0 aliphatic carbocycles. The van der Waals surface area contributed by atoms with E-state index in [1.54, 1.807) is 24.4 Å². The second kappa shape index (κ2) is 20.3. The number of aliphatic hydroxyl groups is 1. The summed E-state index contributed by atoms with van der Waals surface area (Å²) in [5.74, 6) is 1.44. The van der Waals surface area contributed by atoms with Crippen molar-refractivity contribution in [2.75, 3.05) is 19.7 Å². The maximum absolute atomic E-state index is 11.0. The molecule has 0 saturated heterocycles. The molecule has 1 atom stereocenters. The molecule has 6 rings (SSSR count). The smallest absolute Gasteiger partial charge is 0.305 e. The van der Waals surface area contributed by atoms with Crippen molar-refractivity contribution in [3.05, 3.63) is 129 Å². The van der Waals surface area contributed by atoms with Gasteiger partial charge in [-0.1, -0.05) is 54.1 Å². The third-order valence-electron chi connectivity index (χ3n) is 10.2. The molecular weight excluding hydrogens is 766 g/mol. The Kier molecular flexibility index (Phi) is 14.6. The summed E-state index contributed by atoms with van der Waals surface area (Å²) in [5, 5.41) is 41.3. The number of rotatable bonds is 19. The number of nitriles is 2. The van der Waals surface area contributed by atoms with Crippen LogP contribution < -0.4 is 19.5 Å². The molecule has 12 heteroatoms. The number of aliphatic imine (C=N–C) groups is 1. The standard InChI is InChI=1S/C47H46ClN5O6/c1-30-36(29-59-45-24-43(58-28-33-20-32(25-50)26-51-27-33)35(21-42(45)48)8-5-10-37(54)23-46(55)56)9-6-12-39(30)40-13-7-11-38(31(40)2)34-14-15-41(47-52-17-18-53-47)44(22-34)57-19-4-3-16-49/h6-7,9,11-15,20-22,24,26-27,37,54H,3-5,8,10,17-19,23,28-29H2,1-2H3,(H,52,53)(H,55,56)/t37-/m1/s1. The number of halogens is 1. The Labute approximate surface area is 349 Å². The molecule has 0 spiro atoms. The van der Waals surface area contributed by atoms with Crippen molar-refractivity contribution in [3.8, 4) is 51.6 Å². The van der Waals surface area contributed by atoms with Crippen LogP contribution in [0.15, 0.2) is 90.2 Å². The second-order valence-electron chi connectivity index (χ2n) is 14.4. The first kappa shape index (κ1) is 42.2. The number of amidine groups is 1. The van der Waals surface area contributed by atoms with Gasteiger partial charge in [0.15, 0.2) is 0 Å². The number of aromatic nitrogens is 1. The first-order valence-corrected chi connectivity index (χ1v) is 20.0. The van der Waals surface area contributed by atoms with Gasteiger partial charge in [-0.2, -0.15) is 10.5 Å². The van der Waals surface area contributed by atoms with Crippen LogP contribution in [-0.4, -0.2) is 52.8 Å². The lowest BCUT2D eigenvalue weighted by Gasteiger charge is -2.19. The summed E-state index contributed by atoms with van der Waals surface area (Å²) < 4.78 is 18.9. The lowest BCUT2D eigenvalue weighted by atomic mass is 9.89. The fourth-order valence-electron chi connectivity index (χ4n) is 7.08. The van der Waals surface area contributed by atoms with Crippen LogP contribution in [0.25, 0.3) is 22.3 Å². The normalized spacial score (nSPS) is 12.5. The van der Waals surface area contributed by atoms with Crippen molar-refractivity contribution >= 4 is 23.4 Å². The van der Waals surface area contributed by atoms with E-state index >= 15 is 0 Å². The molecule has 1 aliphatic heterocycles. The quantitative estimate of drug-likeness (QED) is 0.0685. The Hall–Kier alpha value is -6.40. The van der Waals surface area contributed by atoms with Crippen LogP contribution in [0, 0.1) is 36.5 Å². The highest BCUT2D eigenvalue weighted by molar-refractivity contribution is 6.32. The van der Waals surface area contributed by atoms with Gasteiger partial charge in [0, 0.05) is 37.0 Å². The van der Waals surface area contributed by atoms with E-state index in [1.807, 2.05) is 18.2 Å². The summed E-state index contributed by atoms with van der Waals surface area (Å²) in [4.78, 5) is 19.8. The number of carboxylic acids is 1. The van der Waals surface area contributed by atoms with Gasteiger partial charge in [0.05, 0.1) is 47.9 Å². The minimum absolute atomic E-state index is 0.144. The van der Waals surface area contributed by atoms with E-state index in [2.05, 4.69) is 77.7 Å². The van der Waals surface area contributed by atoms with E-state index in [0.717, 1.165) is 68.2 Å². The van der Waals surface area contributed by atoms with Crippen LogP contribution in [0.1, 0.15) is 71.0 Å². The van der Waals surface area contributed by atoms with Crippen LogP contribution in [-0.2, 0) is 24.4 Å². The van der Waals surface area contributed by atoms with Crippen LogP contribution in [0.3, 0.4) is 0 Å². The molecule has 1 aromatic heterocycles. The monoisotopic (exact) mass is 811 g/mol. The maximum atomic E-state index is 11.0. The third-order valence-corrected chi connectivity index (χ3v) is 10.5. The van der Waals surface area contributed by atoms with E-state index in [0.29, 0.717) is 72.9 Å². The Bertz CT molecular complexity index is 2420. The number of unbranched alkanes of at least 4 members (excludes halogenated alkanes) is 1. The number of carboxylic acid groups (broad SMARTS) is 1. The summed E-state index contributed by atoms with van der Waals surface area (Å²) in [6.45, 7) is 6.52. The van der Waals surface area contributed by atoms with Gasteiger partial charge in [-0.05, 0) is 108 Å². The molecule has 0 fully saturated rings. The third kappa shape index (κ3) is 11.0. The predicted molar refractivity (Wildman–Crippen MR) is 227 cm³/mol. The zero-order chi connectivity index (χ0) is 41.7. The molecule has 0 saturated carbocycles. The van der Waals surface area contributed by atoms with Crippen LogP contribution >= 0.6 is 11.6 Å². The summed E-state index contributed by atoms with van der Waals surface area (Å²) in [5.41, 5.74) is 10.2. The molecule has 4 aromatic carbocycles. The Balaban J connectivity index is 1.23. The van der Waals surface area contributed by atoms with E-state index in [1.165, 1.54) is 6.20 Å². The number of aliphatic carboxylic acids is 1. The number of ether oxygens (including phenoxy) is 3. The van der Waals surface area contributed by atoms with Crippen LogP contribution in [0.4, 0.5) is 0 Å². The van der Waals surface area contributed by atoms with E-state index in [4.69, 9.17) is 36.2 Å². The number of benzene rings is 4. The minimum Gasteiger partial charge on any atom is -0.493 e. The van der Waals surface area contributed by atoms with Crippen molar-refractivity contribution in [2.24, 2.45) is 4.99 Å². The number of carbonyl (C=O) groups is 1. The van der Waals surface area contributed by atoms with E-state index < -0.39 is 12.1 Å². The van der Waals surface area contributed by atoms with Gasteiger partial charge in [0.1, 0.15) is 42.4 Å². The van der Waals surface area contributed by atoms with Gasteiger partial charge in [-0.3, -0.25) is 14.8 Å². The molecular formula is C47H46ClN5O6. The highest BCUT2D eigenvalue weighted by Crippen LogP contribution is 2.38. The zero-order valence-electron chi connectivity index (χ0n) is 33.1. The topological polar surface area (TPSA) is 170 Å². The number of hydrogen-bond donors (Lipinski definition) is 3. The zero-order valence-corrected chi connectivity index (χ0v) is 33.9. The highest BCUT2D eigenvalue weighted by atomic mass is 35.5. The summed E-state index contributed by atoms with van der Waals surface area (Å²) in [7, 11) is 0. The molecule has 0 radical (unpaired) electrons. The average molecular weight is 812 g/mol. The van der Waals surface area contributed by atoms with Gasteiger partial charge >= 0.3 is 5.97 Å². The molecule has 302 valence electrons. The van der Waals surface area contributed by atoms with E-state index in [9.17, 15) is 15.2 Å². The van der Waals surface area contributed by atoms with Gasteiger partial charge in [0.25, 0.3) is 0 Å². The fourth-order valence-corrected chi connectivity index (χ4v) is 7.32. The lowest BCUT2D eigenvalue weighted by Crippen LogP contribution is -2.20. The number of aryl methyl sites for hydroxylation is 1. The minimum atomic E-state index is -1.05. The predicted octanol–water partition coefficient (Wildman–Crippen LogP) is 8.91. The lowest BCUT2D eigenvalue weighted by molar-refractivity contribution is -0.139. The Morgan fingerprint density at radius 1 is 0.864 bits per heavy atom. The number of hydrogen-bond acceptors (Lipinski definition) is 10. The van der Waals surface area contributed by atoms with Crippen molar-refractivity contribution in [1.82, 2.24) is 10.3 Å². The number of pyridine rings is 1. The first-order chi connectivity index (χ1) is 28.6. The summed E-state index contributed by atoms with van der Waals surface area (Å²) in [6, 6.07) is 28.2. The van der Waals surface area contributed by atoms with Gasteiger partial charge in [-0.15, -0.1) is 0 Å². The molecule has 11 nitrogen and oxygen atoms in total. The van der Waals surface area contributed by atoms with Crippen molar-refractivity contribution in [2.45, 2.75) is 71.7 Å². The Morgan fingerprint density at radius 2 is 1.64 bits per heavy atom. The molecule has 0 bridgehead atoms. The van der Waals surface area contributed by atoms with E-state index in [-0.39, 0.29) is 19.6 Å². The summed E-state index contributed by atoms with van der Waals surface area (Å²) in [6.07, 6.45) is 4.19. The molecule has 3 N–H and O–H groups in total. The number of nitrogens with zero attached hydrogens (tertiary/aromatic N) is 4. The second-order valence-corrected chi connectivity index (χ2v) is 14.8. The molecule has 0 unspecified atom stereocenters. The highest BCUT2D eigenvalue weighted by Gasteiger charge is 2.19. The van der Waals surface area contributed by atoms with Crippen LogP contribution in [0.5, 0.6) is 17.2 Å². The average Bonchev–Trinajstić information content (AvgIpc) is 3.77. The number of aliphatic hydroxyl groups excluding tert-OH is 1. The van der Waals surface area contributed by atoms with Crippen molar-refractivity contribution in [3.63, 3.8) is 0 Å².